The van der Waals surface area contributed by atoms with Gasteiger partial charge < -0.3 is 4.74 Å². The zero-order valence-corrected chi connectivity index (χ0v) is 15.2. The van der Waals surface area contributed by atoms with Gasteiger partial charge in [0.15, 0.2) is 5.65 Å². The van der Waals surface area contributed by atoms with Crippen molar-refractivity contribution in [3.63, 3.8) is 0 Å². The van der Waals surface area contributed by atoms with Crippen molar-refractivity contribution in [2.75, 3.05) is 0 Å². The molecule has 0 spiro atoms. The highest BCUT2D eigenvalue weighted by Crippen LogP contribution is 2.44. The summed E-state index contributed by atoms with van der Waals surface area (Å²) in [4.78, 5) is 0. The summed E-state index contributed by atoms with van der Waals surface area (Å²) in [7, 11) is 0. The van der Waals surface area contributed by atoms with E-state index in [4.69, 9.17) is 4.74 Å². The quantitative estimate of drug-likeness (QED) is 0.617. The lowest BCUT2D eigenvalue weighted by molar-refractivity contribution is -0.138. The molecule has 28 heavy (non-hydrogen) atoms. The van der Waals surface area contributed by atoms with Gasteiger partial charge in [0.05, 0.1) is 6.10 Å². The van der Waals surface area contributed by atoms with Gasteiger partial charge in [-0.15, -0.1) is 10.2 Å². The number of hydrogen-bond donors (Lipinski definition) is 0. The Morgan fingerprint density at radius 1 is 1.04 bits per heavy atom. The number of alkyl halides is 3. The van der Waals surface area contributed by atoms with Gasteiger partial charge in [0.2, 0.25) is 0 Å². The van der Waals surface area contributed by atoms with Crippen molar-refractivity contribution in [2.24, 2.45) is 5.92 Å². The Labute approximate surface area is 160 Å². The molecule has 5 rings (SSSR count). The van der Waals surface area contributed by atoms with Crippen molar-refractivity contribution in [3.8, 4) is 5.75 Å². The number of pyridine rings is 1. The molecule has 0 aliphatic heterocycles. The van der Waals surface area contributed by atoms with Crippen LogP contribution >= 0.6 is 0 Å². The second-order valence-electron chi connectivity index (χ2n) is 7.83. The number of fused-ring (bicyclic) bond motifs is 1. The van der Waals surface area contributed by atoms with Gasteiger partial charge in [0, 0.05) is 12.6 Å². The molecule has 7 heteroatoms. The monoisotopic (exact) mass is 387 g/mol. The predicted molar refractivity (Wildman–Crippen MR) is 97.3 cm³/mol. The van der Waals surface area contributed by atoms with E-state index < -0.39 is 11.7 Å². The van der Waals surface area contributed by atoms with Gasteiger partial charge >= 0.3 is 6.18 Å². The summed E-state index contributed by atoms with van der Waals surface area (Å²) in [5.41, 5.74) is 0.211. The summed E-state index contributed by atoms with van der Waals surface area (Å²) in [5.74, 6) is 1.29. The molecule has 2 aliphatic carbocycles. The number of aromatic nitrogens is 3. The first kappa shape index (κ1) is 17.5. The van der Waals surface area contributed by atoms with E-state index in [2.05, 4.69) is 10.2 Å². The highest BCUT2D eigenvalue weighted by Gasteiger charge is 2.41. The van der Waals surface area contributed by atoms with Crippen LogP contribution in [-0.2, 0) is 12.6 Å². The second-order valence-corrected chi connectivity index (χ2v) is 7.83. The van der Waals surface area contributed by atoms with E-state index in [0.717, 1.165) is 12.8 Å². The van der Waals surface area contributed by atoms with E-state index >= 15 is 0 Å². The van der Waals surface area contributed by atoms with E-state index in [9.17, 15) is 13.2 Å². The number of rotatable bonds is 5. The van der Waals surface area contributed by atoms with Crippen LogP contribution in [0.15, 0.2) is 42.6 Å². The summed E-state index contributed by atoms with van der Waals surface area (Å²) < 4.78 is 48.7. The molecule has 146 valence electrons. The number of nitrogens with zero attached hydrogens (tertiary/aromatic N) is 3. The molecule has 0 N–H and O–H groups in total. The molecule has 0 radical (unpaired) electrons. The number of benzene rings is 1. The number of halogens is 3. The average Bonchev–Trinajstić information content (AvgIpc) is 3.36. The first-order chi connectivity index (χ1) is 13.5. The van der Waals surface area contributed by atoms with Gasteiger partial charge in [-0.1, -0.05) is 30.3 Å². The smallest absolute Gasteiger partial charge is 0.423 e. The fourth-order valence-corrected chi connectivity index (χ4v) is 3.91. The third kappa shape index (κ3) is 3.23. The van der Waals surface area contributed by atoms with Crippen molar-refractivity contribution in [2.45, 2.75) is 50.3 Å². The summed E-state index contributed by atoms with van der Waals surface area (Å²) in [5, 5.41) is 7.87. The van der Waals surface area contributed by atoms with Crippen LogP contribution in [0.5, 0.6) is 5.75 Å². The zero-order valence-electron chi connectivity index (χ0n) is 15.2. The second kappa shape index (κ2) is 6.50. The Morgan fingerprint density at radius 2 is 1.79 bits per heavy atom. The van der Waals surface area contributed by atoms with Crippen LogP contribution in [0.3, 0.4) is 0 Å². The molecule has 0 atom stereocenters. The van der Waals surface area contributed by atoms with Gasteiger partial charge in [-0.25, -0.2) is 0 Å². The van der Waals surface area contributed by atoms with Crippen LogP contribution in [0.4, 0.5) is 13.2 Å². The summed E-state index contributed by atoms with van der Waals surface area (Å²) in [6, 6.07) is 11.4. The maximum atomic E-state index is 13.8. The molecule has 2 heterocycles. The number of hydrogen-bond acceptors (Lipinski definition) is 3. The molecule has 0 bridgehead atoms. The van der Waals surface area contributed by atoms with E-state index in [1.54, 1.807) is 6.20 Å². The molecule has 4 nitrogen and oxygen atoms in total. The first-order valence-electron chi connectivity index (χ1n) is 9.64. The predicted octanol–water partition coefficient (Wildman–Crippen LogP) is 5.03. The maximum Gasteiger partial charge on any atom is 0.423 e. The largest absolute Gasteiger partial charge is 0.490 e. The normalized spacial score (nSPS) is 22.2. The first-order valence-corrected chi connectivity index (χ1v) is 9.64. The van der Waals surface area contributed by atoms with Crippen molar-refractivity contribution < 1.29 is 17.9 Å². The van der Waals surface area contributed by atoms with Crippen LogP contribution in [0.1, 0.15) is 48.6 Å². The minimum atomic E-state index is -4.55. The summed E-state index contributed by atoms with van der Waals surface area (Å²) >= 11 is 0. The third-order valence-corrected chi connectivity index (χ3v) is 5.72. The average molecular weight is 387 g/mol. The molecule has 1 aromatic carbocycles. The van der Waals surface area contributed by atoms with Crippen molar-refractivity contribution in [3.05, 3.63) is 59.5 Å². The van der Waals surface area contributed by atoms with Gasteiger partial charge in [0.25, 0.3) is 0 Å². The molecule has 0 amide bonds. The molecule has 2 fully saturated rings. The molecule has 0 saturated heterocycles. The van der Waals surface area contributed by atoms with Crippen molar-refractivity contribution >= 4 is 5.65 Å². The lowest BCUT2D eigenvalue weighted by atomic mass is 9.77. The molecule has 3 aromatic rings. The SMILES string of the molecule is FC(F)(F)c1c(OC2CC(c3ccccc3)C2)ccn2c(CC3CC3)nnc12. The Morgan fingerprint density at radius 3 is 2.46 bits per heavy atom. The number of ether oxygens (including phenoxy) is 1. The van der Waals surface area contributed by atoms with Crippen LogP contribution < -0.4 is 4.74 Å². The molecule has 2 aromatic heterocycles. The van der Waals surface area contributed by atoms with Gasteiger partial charge in [-0.05, 0) is 49.1 Å². The summed E-state index contributed by atoms with van der Waals surface area (Å²) in [6.45, 7) is 0. The molecule has 0 unspecified atom stereocenters. The molecular formula is C21H20F3N3O. The fraction of sp³-hybridized carbons (Fsp3) is 0.429. The topological polar surface area (TPSA) is 39.4 Å². The van der Waals surface area contributed by atoms with E-state index in [1.165, 1.54) is 16.0 Å². The lowest BCUT2D eigenvalue weighted by Gasteiger charge is -2.36. The summed E-state index contributed by atoms with van der Waals surface area (Å²) in [6.07, 6.45) is 1.13. The minimum Gasteiger partial charge on any atom is -0.490 e. The lowest BCUT2D eigenvalue weighted by Crippen LogP contribution is -2.33. The standard InChI is InChI=1S/C21H20F3N3O/c22-21(23,24)19-17(28-16-11-15(12-16)14-4-2-1-3-5-14)8-9-27-18(10-13-6-7-13)25-26-20(19)27/h1-5,8-9,13,15-16H,6-7,10-12H2. The maximum absolute atomic E-state index is 13.8. The van der Waals surface area contributed by atoms with Gasteiger partial charge in [0.1, 0.15) is 17.1 Å². The molecule has 2 aliphatic rings. The zero-order chi connectivity index (χ0) is 19.3. The van der Waals surface area contributed by atoms with E-state index in [0.29, 0.717) is 36.9 Å². The Bertz CT molecular complexity index is 989. The molecule has 2 saturated carbocycles. The van der Waals surface area contributed by atoms with Gasteiger partial charge in [-0.2, -0.15) is 13.2 Å². The van der Waals surface area contributed by atoms with Crippen LogP contribution in [0.2, 0.25) is 0 Å². The minimum absolute atomic E-state index is 0.151. The Hall–Kier alpha value is -2.57. The Balaban J connectivity index is 1.40. The van der Waals surface area contributed by atoms with Crippen LogP contribution in [0.25, 0.3) is 5.65 Å². The fourth-order valence-electron chi connectivity index (χ4n) is 3.91. The van der Waals surface area contributed by atoms with E-state index in [-0.39, 0.29) is 17.5 Å². The van der Waals surface area contributed by atoms with Crippen LogP contribution in [0, 0.1) is 5.92 Å². The van der Waals surface area contributed by atoms with Crippen molar-refractivity contribution in [1.82, 2.24) is 14.6 Å². The van der Waals surface area contributed by atoms with Crippen LogP contribution in [-0.4, -0.2) is 20.7 Å². The molecular weight excluding hydrogens is 367 g/mol. The Kier molecular flexibility index (Phi) is 4.07. The van der Waals surface area contributed by atoms with Crippen molar-refractivity contribution in [1.29, 1.82) is 0 Å². The van der Waals surface area contributed by atoms with Gasteiger partial charge in [-0.3, -0.25) is 4.40 Å². The highest BCUT2D eigenvalue weighted by molar-refractivity contribution is 5.57. The van der Waals surface area contributed by atoms with E-state index in [1.807, 2.05) is 30.3 Å². The third-order valence-electron chi connectivity index (χ3n) is 5.72. The highest BCUT2D eigenvalue weighted by atomic mass is 19.4.